The minimum atomic E-state index is 0.269. The van der Waals surface area contributed by atoms with Crippen LogP contribution in [0.3, 0.4) is 0 Å². The molecule has 2 bridgehead atoms. The molecule has 1 aromatic heterocycles. The van der Waals surface area contributed by atoms with Crippen molar-refractivity contribution >= 4 is 5.91 Å². The first-order chi connectivity index (χ1) is 9.34. The van der Waals surface area contributed by atoms with Gasteiger partial charge in [-0.05, 0) is 30.5 Å². The Bertz CT molecular complexity index is 391. The number of hydrogen-bond acceptors (Lipinski definition) is 3. The van der Waals surface area contributed by atoms with Crippen molar-refractivity contribution in [3.05, 3.63) is 30.1 Å². The fourth-order valence-electron chi connectivity index (χ4n) is 2.95. The third-order valence-corrected chi connectivity index (χ3v) is 3.77. The van der Waals surface area contributed by atoms with E-state index in [1.165, 1.54) is 0 Å². The number of nitrogens with zero attached hydrogens (tertiary/aromatic N) is 2. The van der Waals surface area contributed by atoms with Crippen LogP contribution in [-0.4, -0.2) is 41.0 Å². The summed E-state index contributed by atoms with van der Waals surface area (Å²) in [7, 11) is 0. The molecule has 0 aromatic carbocycles. The summed E-state index contributed by atoms with van der Waals surface area (Å²) in [6.45, 7) is 5.91. The average molecular weight is 261 g/mol. The zero-order valence-electron chi connectivity index (χ0n) is 11.8. The Kier molecular flexibility index (Phi) is 4.91. The molecule has 4 nitrogen and oxygen atoms in total. The zero-order valence-corrected chi connectivity index (χ0v) is 11.8. The molecule has 2 unspecified atom stereocenters. The van der Waals surface area contributed by atoms with Gasteiger partial charge >= 0.3 is 0 Å². The molecule has 2 aliphatic heterocycles. The van der Waals surface area contributed by atoms with Gasteiger partial charge in [-0.2, -0.15) is 0 Å². The van der Waals surface area contributed by atoms with Crippen molar-refractivity contribution in [2.75, 3.05) is 13.1 Å². The van der Waals surface area contributed by atoms with E-state index in [1.807, 2.05) is 26.0 Å². The lowest BCUT2D eigenvalue weighted by Gasteiger charge is -2.35. The van der Waals surface area contributed by atoms with Gasteiger partial charge in [0.15, 0.2) is 0 Å². The maximum Gasteiger partial charge on any atom is 0.227 e. The smallest absolute Gasteiger partial charge is 0.227 e. The molecule has 3 rings (SSSR count). The van der Waals surface area contributed by atoms with Crippen molar-refractivity contribution in [2.45, 2.75) is 45.2 Å². The molecule has 4 heteroatoms. The highest BCUT2D eigenvalue weighted by atomic mass is 16.2. The number of aromatic nitrogens is 1. The Morgan fingerprint density at radius 3 is 2.42 bits per heavy atom. The molecular weight excluding hydrogens is 238 g/mol. The van der Waals surface area contributed by atoms with Crippen molar-refractivity contribution in [2.24, 2.45) is 0 Å². The maximum atomic E-state index is 12.3. The minimum Gasteiger partial charge on any atom is -0.334 e. The van der Waals surface area contributed by atoms with Crippen molar-refractivity contribution < 1.29 is 4.79 Å². The summed E-state index contributed by atoms with van der Waals surface area (Å²) in [5.74, 6) is 0.269. The second-order valence-electron chi connectivity index (χ2n) is 4.88. The normalized spacial score (nSPS) is 24.6. The van der Waals surface area contributed by atoms with Crippen LogP contribution in [0.1, 0.15) is 32.3 Å². The highest BCUT2D eigenvalue weighted by Crippen LogP contribution is 2.27. The average Bonchev–Trinajstić information content (AvgIpc) is 2.72. The standard InChI is InChI=1S/C13H17N3O.C2H6/c17-13(7-10-3-5-14-6-4-10)16-11-1-2-12(16)9-15-8-11;1-2/h3-6,11-12,15H,1-2,7-9H2;1-2H3. The van der Waals surface area contributed by atoms with Crippen LogP contribution in [0, 0.1) is 0 Å². The number of hydrogen-bond donors (Lipinski definition) is 1. The Hall–Kier alpha value is -1.42. The molecule has 0 saturated carbocycles. The lowest BCUT2D eigenvalue weighted by molar-refractivity contribution is -0.134. The third-order valence-electron chi connectivity index (χ3n) is 3.77. The number of pyridine rings is 1. The van der Waals surface area contributed by atoms with E-state index < -0.39 is 0 Å². The molecule has 1 amide bonds. The van der Waals surface area contributed by atoms with E-state index in [0.717, 1.165) is 31.5 Å². The lowest BCUT2D eigenvalue weighted by atomic mass is 10.1. The van der Waals surface area contributed by atoms with Crippen molar-refractivity contribution in [1.82, 2.24) is 15.2 Å². The predicted molar refractivity (Wildman–Crippen MR) is 75.8 cm³/mol. The second-order valence-corrected chi connectivity index (χ2v) is 4.88. The summed E-state index contributed by atoms with van der Waals surface area (Å²) < 4.78 is 0. The Morgan fingerprint density at radius 1 is 1.26 bits per heavy atom. The molecule has 2 aliphatic rings. The van der Waals surface area contributed by atoms with Gasteiger partial charge in [0.2, 0.25) is 5.91 Å². The highest BCUT2D eigenvalue weighted by Gasteiger charge is 2.38. The molecule has 2 saturated heterocycles. The summed E-state index contributed by atoms with van der Waals surface area (Å²) in [6, 6.07) is 4.68. The van der Waals surface area contributed by atoms with Crippen LogP contribution in [0.4, 0.5) is 0 Å². The van der Waals surface area contributed by atoms with Gasteiger partial charge in [-0.3, -0.25) is 9.78 Å². The third kappa shape index (κ3) is 3.13. The molecule has 0 radical (unpaired) electrons. The van der Waals surface area contributed by atoms with E-state index in [-0.39, 0.29) is 5.91 Å². The van der Waals surface area contributed by atoms with Gasteiger partial charge in [0, 0.05) is 37.6 Å². The van der Waals surface area contributed by atoms with Crippen molar-refractivity contribution in [1.29, 1.82) is 0 Å². The summed E-state index contributed by atoms with van der Waals surface area (Å²) in [6.07, 6.45) is 6.30. The zero-order chi connectivity index (χ0) is 13.7. The van der Waals surface area contributed by atoms with Gasteiger partial charge < -0.3 is 10.2 Å². The highest BCUT2D eigenvalue weighted by molar-refractivity contribution is 5.79. The first-order valence-electron chi connectivity index (χ1n) is 7.25. The quantitative estimate of drug-likeness (QED) is 0.880. The molecule has 0 spiro atoms. The van der Waals surface area contributed by atoms with Gasteiger partial charge in [0.1, 0.15) is 0 Å². The van der Waals surface area contributed by atoms with Gasteiger partial charge in [-0.15, -0.1) is 0 Å². The van der Waals surface area contributed by atoms with Crippen LogP contribution in [-0.2, 0) is 11.2 Å². The largest absolute Gasteiger partial charge is 0.334 e. The van der Waals surface area contributed by atoms with Crippen LogP contribution in [0.15, 0.2) is 24.5 Å². The van der Waals surface area contributed by atoms with Crippen LogP contribution in [0.5, 0.6) is 0 Å². The molecule has 19 heavy (non-hydrogen) atoms. The summed E-state index contributed by atoms with van der Waals surface area (Å²) >= 11 is 0. The van der Waals surface area contributed by atoms with Gasteiger partial charge in [0.25, 0.3) is 0 Å². The van der Waals surface area contributed by atoms with E-state index in [4.69, 9.17) is 0 Å². The lowest BCUT2D eigenvalue weighted by Crippen LogP contribution is -2.54. The van der Waals surface area contributed by atoms with Crippen LogP contribution >= 0.6 is 0 Å². The molecule has 104 valence electrons. The first kappa shape index (κ1) is 14.0. The molecule has 1 aromatic rings. The van der Waals surface area contributed by atoms with Gasteiger partial charge in [-0.1, -0.05) is 13.8 Å². The second kappa shape index (κ2) is 6.66. The maximum absolute atomic E-state index is 12.3. The van der Waals surface area contributed by atoms with Crippen molar-refractivity contribution in [3.8, 4) is 0 Å². The van der Waals surface area contributed by atoms with E-state index in [9.17, 15) is 4.79 Å². The first-order valence-corrected chi connectivity index (χ1v) is 7.25. The number of amides is 1. The van der Waals surface area contributed by atoms with Gasteiger partial charge in [0.05, 0.1) is 6.42 Å². The number of nitrogens with one attached hydrogen (secondary N) is 1. The molecule has 2 atom stereocenters. The fraction of sp³-hybridized carbons (Fsp3) is 0.600. The monoisotopic (exact) mass is 261 g/mol. The Labute approximate surface area is 115 Å². The van der Waals surface area contributed by atoms with Crippen molar-refractivity contribution in [3.63, 3.8) is 0 Å². The molecular formula is C15H23N3O. The van der Waals surface area contributed by atoms with E-state index in [1.54, 1.807) is 12.4 Å². The molecule has 1 N–H and O–H groups in total. The SMILES string of the molecule is CC.O=C(Cc1ccncc1)N1C2CCC1CNC2. The van der Waals surface area contributed by atoms with E-state index in [2.05, 4.69) is 15.2 Å². The van der Waals surface area contributed by atoms with Gasteiger partial charge in [-0.25, -0.2) is 0 Å². The molecule has 2 fully saturated rings. The summed E-state index contributed by atoms with van der Waals surface area (Å²) in [5.41, 5.74) is 1.06. The fourth-order valence-corrected chi connectivity index (χ4v) is 2.95. The summed E-state index contributed by atoms with van der Waals surface area (Å²) in [5, 5.41) is 3.39. The van der Waals surface area contributed by atoms with Crippen LogP contribution in [0.25, 0.3) is 0 Å². The predicted octanol–water partition coefficient (Wildman–Crippen LogP) is 1.61. The number of rotatable bonds is 2. The minimum absolute atomic E-state index is 0.269. The van der Waals surface area contributed by atoms with E-state index >= 15 is 0 Å². The number of fused-ring (bicyclic) bond motifs is 2. The molecule has 3 heterocycles. The van der Waals surface area contributed by atoms with Crippen LogP contribution < -0.4 is 5.32 Å². The summed E-state index contributed by atoms with van der Waals surface area (Å²) in [4.78, 5) is 18.4. The molecule has 0 aliphatic carbocycles. The number of carbonyl (C=O) groups excluding carboxylic acids is 1. The van der Waals surface area contributed by atoms with E-state index in [0.29, 0.717) is 18.5 Å². The number of piperazine rings is 1. The Balaban J connectivity index is 0.000000637. The number of carbonyl (C=O) groups is 1. The van der Waals surface area contributed by atoms with Crippen LogP contribution in [0.2, 0.25) is 0 Å². The topological polar surface area (TPSA) is 45.2 Å². The Morgan fingerprint density at radius 2 is 1.84 bits per heavy atom.